The highest BCUT2D eigenvalue weighted by Crippen LogP contribution is 2.54. The molecule has 1 unspecified atom stereocenters. The average molecular weight is 376 g/mol. The molecule has 5 heteroatoms. The van der Waals surface area contributed by atoms with Crippen molar-refractivity contribution < 1.29 is 0 Å². The molecule has 3 N–H and O–H groups in total. The molecule has 2 fully saturated rings. The summed E-state index contributed by atoms with van der Waals surface area (Å²) in [6, 6.07) is 8.98. The number of benzene rings is 1. The Morgan fingerprint density at radius 2 is 1.54 bits per heavy atom. The van der Waals surface area contributed by atoms with Crippen LogP contribution < -0.4 is 11.1 Å². The van der Waals surface area contributed by atoms with Gasteiger partial charge in [-0.05, 0) is 55.9 Å². The van der Waals surface area contributed by atoms with Gasteiger partial charge < -0.3 is 11.1 Å². The van der Waals surface area contributed by atoms with Gasteiger partial charge in [0, 0.05) is 23.1 Å². The lowest BCUT2D eigenvalue weighted by Crippen LogP contribution is -2.49. The van der Waals surface area contributed by atoms with Gasteiger partial charge in [0.2, 0.25) is 5.95 Å². The first-order chi connectivity index (χ1) is 13.6. The molecule has 2 saturated carbocycles. The van der Waals surface area contributed by atoms with Crippen LogP contribution in [0.3, 0.4) is 0 Å². The van der Waals surface area contributed by atoms with E-state index in [4.69, 9.17) is 20.7 Å². The van der Waals surface area contributed by atoms with Crippen LogP contribution in [0.1, 0.15) is 75.6 Å². The minimum Gasteiger partial charge on any atom is -0.352 e. The number of anilines is 1. The van der Waals surface area contributed by atoms with E-state index in [1.165, 1.54) is 56.9 Å². The standard InChI is InChI=1S/C23H29N5/c24-23-9-3-1-2-8-21(10-11-21)19-26-18(27-20(28-19)25-15-23)16-4-6-17(7-5-16)22(14-23)12-13-22/h4-7H,1-3,8-15,24H2,(H,25,26,27,28). The molecule has 28 heavy (non-hydrogen) atoms. The van der Waals surface area contributed by atoms with Crippen LogP contribution in [0.15, 0.2) is 24.3 Å². The Balaban J connectivity index is 1.53. The third-order valence-corrected chi connectivity index (χ3v) is 7.69. The first-order valence-corrected chi connectivity index (χ1v) is 11.0. The molecule has 0 amide bonds. The maximum absolute atomic E-state index is 7.05. The van der Waals surface area contributed by atoms with E-state index in [9.17, 15) is 0 Å². The number of hydrogen-bond acceptors (Lipinski definition) is 5. The summed E-state index contributed by atoms with van der Waals surface area (Å²) in [5, 5.41) is 3.53. The van der Waals surface area contributed by atoms with Gasteiger partial charge >= 0.3 is 0 Å². The van der Waals surface area contributed by atoms with Crippen molar-refractivity contribution in [1.29, 1.82) is 0 Å². The predicted octanol–water partition coefficient (Wildman–Crippen LogP) is 4.08. The summed E-state index contributed by atoms with van der Waals surface area (Å²) in [5.41, 5.74) is 9.80. The quantitative estimate of drug-likeness (QED) is 0.725. The van der Waals surface area contributed by atoms with E-state index in [2.05, 4.69) is 29.6 Å². The van der Waals surface area contributed by atoms with Crippen LogP contribution in [-0.2, 0) is 10.8 Å². The average Bonchev–Trinajstić information content (AvgIpc) is 3.62. The molecule has 2 spiro atoms. The molecule has 0 radical (unpaired) electrons. The number of fused-ring (bicyclic) bond motifs is 4. The first-order valence-electron chi connectivity index (χ1n) is 11.0. The fourth-order valence-corrected chi connectivity index (χ4v) is 5.53. The number of rotatable bonds is 0. The van der Waals surface area contributed by atoms with E-state index in [1.54, 1.807) is 0 Å². The zero-order valence-corrected chi connectivity index (χ0v) is 16.5. The van der Waals surface area contributed by atoms with Crippen LogP contribution in [0.25, 0.3) is 11.4 Å². The second-order valence-corrected chi connectivity index (χ2v) is 9.90. The predicted molar refractivity (Wildman–Crippen MR) is 110 cm³/mol. The van der Waals surface area contributed by atoms with Crippen LogP contribution >= 0.6 is 0 Å². The van der Waals surface area contributed by atoms with Crippen LogP contribution in [0.4, 0.5) is 5.95 Å². The Morgan fingerprint density at radius 1 is 0.786 bits per heavy atom. The van der Waals surface area contributed by atoms with Gasteiger partial charge in [0.1, 0.15) is 5.82 Å². The third-order valence-electron chi connectivity index (χ3n) is 7.69. The van der Waals surface area contributed by atoms with E-state index in [0.717, 1.165) is 36.6 Å². The maximum atomic E-state index is 7.05. The highest BCUT2D eigenvalue weighted by molar-refractivity contribution is 5.58. The van der Waals surface area contributed by atoms with Crippen molar-refractivity contribution in [3.05, 3.63) is 35.7 Å². The molecular weight excluding hydrogens is 346 g/mol. The molecule has 146 valence electrons. The summed E-state index contributed by atoms with van der Waals surface area (Å²) in [4.78, 5) is 14.6. The maximum Gasteiger partial charge on any atom is 0.226 e. The van der Waals surface area contributed by atoms with Gasteiger partial charge in [-0.25, -0.2) is 4.98 Å². The molecule has 7 rings (SSSR count). The van der Waals surface area contributed by atoms with Gasteiger partial charge in [-0.15, -0.1) is 0 Å². The lowest BCUT2D eigenvalue weighted by atomic mass is 9.78. The van der Waals surface area contributed by atoms with Crippen molar-refractivity contribution in [2.45, 2.75) is 80.6 Å². The molecule has 1 aromatic heterocycles. The topological polar surface area (TPSA) is 76.7 Å². The number of nitrogens with one attached hydrogen (secondary N) is 1. The van der Waals surface area contributed by atoms with E-state index in [0.29, 0.717) is 5.95 Å². The second kappa shape index (κ2) is 5.76. The third kappa shape index (κ3) is 2.74. The lowest BCUT2D eigenvalue weighted by molar-refractivity contribution is 0.326. The highest BCUT2D eigenvalue weighted by atomic mass is 15.2. The molecule has 1 atom stereocenters. The summed E-state index contributed by atoms with van der Waals surface area (Å²) in [6.07, 6.45) is 11.9. The Hall–Kier alpha value is -2.01. The molecule has 5 aliphatic rings. The van der Waals surface area contributed by atoms with Crippen molar-refractivity contribution in [2.24, 2.45) is 5.73 Å². The van der Waals surface area contributed by atoms with Crippen LogP contribution in [0.2, 0.25) is 0 Å². The molecule has 2 aromatic rings. The molecular formula is C23H29N5. The van der Waals surface area contributed by atoms with Gasteiger partial charge in [0.05, 0.1) is 0 Å². The van der Waals surface area contributed by atoms with Crippen molar-refractivity contribution in [2.75, 3.05) is 11.9 Å². The van der Waals surface area contributed by atoms with Gasteiger partial charge in [-0.3, -0.25) is 0 Å². The van der Waals surface area contributed by atoms with Gasteiger partial charge in [0.25, 0.3) is 0 Å². The summed E-state index contributed by atoms with van der Waals surface area (Å²) in [5.74, 6) is 2.49. The van der Waals surface area contributed by atoms with Crippen molar-refractivity contribution >= 4 is 5.95 Å². The number of nitrogens with zero attached hydrogens (tertiary/aromatic N) is 3. The van der Waals surface area contributed by atoms with Crippen LogP contribution in [0, 0.1) is 0 Å². The zero-order valence-electron chi connectivity index (χ0n) is 16.5. The smallest absolute Gasteiger partial charge is 0.226 e. The summed E-state index contributed by atoms with van der Waals surface area (Å²) >= 11 is 0. The van der Waals surface area contributed by atoms with Gasteiger partial charge in [-0.1, -0.05) is 43.5 Å². The highest BCUT2D eigenvalue weighted by Gasteiger charge is 2.50. The number of hydrogen-bond donors (Lipinski definition) is 2. The lowest BCUT2D eigenvalue weighted by Gasteiger charge is -2.35. The van der Waals surface area contributed by atoms with E-state index in [1.807, 2.05) is 0 Å². The zero-order chi connectivity index (χ0) is 18.8. The van der Waals surface area contributed by atoms with Crippen molar-refractivity contribution in [1.82, 2.24) is 15.0 Å². The first kappa shape index (κ1) is 16.9. The molecule has 2 aliphatic carbocycles. The van der Waals surface area contributed by atoms with E-state index < -0.39 is 0 Å². The van der Waals surface area contributed by atoms with Crippen LogP contribution in [-0.4, -0.2) is 27.0 Å². The summed E-state index contributed by atoms with van der Waals surface area (Å²) in [6.45, 7) is 0.737. The SMILES string of the molecule is NC12CCCCCC3(CC3)c3nc(nc(n3)-c3ccc(cc3)C3(CC3)C1)NC2. The molecule has 6 bridgehead atoms. The Bertz CT molecular complexity index is 913. The summed E-state index contributed by atoms with van der Waals surface area (Å²) in [7, 11) is 0. The molecule has 4 heterocycles. The van der Waals surface area contributed by atoms with Gasteiger partial charge in [0.15, 0.2) is 5.82 Å². The number of aromatic nitrogens is 3. The monoisotopic (exact) mass is 375 g/mol. The van der Waals surface area contributed by atoms with Crippen LogP contribution in [0.5, 0.6) is 0 Å². The second-order valence-electron chi connectivity index (χ2n) is 9.90. The minimum absolute atomic E-state index is 0.183. The minimum atomic E-state index is -0.224. The Kier molecular flexibility index (Phi) is 3.47. The van der Waals surface area contributed by atoms with Crippen molar-refractivity contribution in [3.8, 4) is 11.4 Å². The number of nitrogens with two attached hydrogens (primary N) is 1. The van der Waals surface area contributed by atoms with E-state index >= 15 is 0 Å². The molecule has 5 nitrogen and oxygen atoms in total. The summed E-state index contributed by atoms with van der Waals surface area (Å²) < 4.78 is 0. The normalized spacial score (nSPS) is 29.0. The fourth-order valence-electron chi connectivity index (χ4n) is 5.53. The fraction of sp³-hybridized carbons (Fsp3) is 0.609. The molecule has 0 saturated heterocycles. The van der Waals surface area contributed by atoms with Crippen molar-refractivity contribution in [3.63, 3.8) is 0 Å². The molecule has 1 aromatic carbocycles. The largest absolute Gasteiger partial charge is 0.352 e. The van der Waals surface area contributed by atoms with Gasteiger partial charge in [-0.2, -0.15) is 9.97 Å². The Labute approximate surface area is 166 Å². The Morgan fingerprint density at radius 3 is 2.29 bits per heavy atom. The molecule has 3 aliphatic heterocycles. The van der Waals surface area contributed by atoms with E-state index in [-0.39, 0.29) is 16.4 Å².